The van der Waals surface area contributed by atoms with E-state index in [1.54, 1.807) is 0 Å². The van der Waals surface area contributed by atoms with Crippen LogP contribution in [-0.4, -0.2) is 14.1 Å². The highest BCUT2D eigenvalue weighted by Gasteiger charge is 2.19. The van der Waals surface area contributed by atoms with Gasteiger partial charge < -0.3 is 4.90 Å². The minimum Gasteiger partial charge on any atom is -0.377 e. The van der Waals surface area contributed by atoms with Gasteiger partial charge in [0, 0.05) is 25.2 Å². The van der Waals surface area contributed by atoms with Crippen molar-refractivity contribution in [2.24, 2.45) is 0 Å². The van der Waals surface area contributed by atoms with Crippen LogP contribution in [0.25, 0.3) is 21.5 Å². The molecule has 0 aliphatic rings. The fraction of sp³-hybridized carbons (Fsp3) is 0.0714. The summed E-state index contributed by atoms with van der Waals surface area (Å²) in [5.41, 5.74) is 1.26. The first-order valence-corrected chi connectivity index (χ1v) is 11.6. The van der Waals surface area contributed by atoms with Crippen molar-refractivity contribution in [3.8, 4) is 0 Å². The third-order valence-corrected chi connectivity index (χ3v) is 8.09. The van der Waals surface area contributed by atoms with E-state index in [0.717, 1.165) is 0 Å². The van der Waals surface area contributed by atoms with Crippen LogP contribution in [0.2, 0.25) is 0 Å². The van der Waals surface area contributed by atoms with Crippen molar-refractivity contribution in [3.05, 3.63) is 109 Å². The van der Waals surface area contributed by atoms with E-state index in [0.29, 0.717) is 0 Å². The van der Waals surface area contributed by atoms with E-state index < -0.39 is 7.92 Å². The second-order valence-electron chi connectivity index (χ2n) is 7.75. The Hall–Kier alpha value is -3.15. The molecular weight excluding hydrogens is 381 g/mol. The first-order chi connectivity index (χ1) is 14.7. The number of benzene rings is 5. The van der Waals surface area contributed by atoms with E-state index in [1.165, 1.54) is 43.1 Å². The molecule has 2 heteroatoms. The molecular formula is C28H24NP. The molecule has 1 nitrogen and oxygen atoms in total. The number of anilines is 1. The van der Waals surface area contributed by atoms with Gasteiger partial charge in [-0.15, -0.1) is 0 Å². The number of nitrogens with zero attached hydrogens (tertiary/aromatic N) is 1. The van der Waals surface area contributed by atoms with Crippen LogP contribution < -0.4 is 20.8 Å². The van der Waals surface area contributed by atoms with Gasteiger partial charge >= 0.3 is 0 Å². The molecule has 5 aromatic rings. The molecule has 0 saturated heterocycles. The summed E-state index contributed by atoms with van der Waals surface area (Å²) in [6.45, 7) is 0. The standard InChI is InChI=1S/C28H24NP/c1-29(2)27-17-9-11-21-19-22-12-10-18-28(26(22)20-25(21)27)30(23-13-5-3-6-14-23)24-15-7-4-8-16-24/h3-20H,1-2H3. The van der Waals surface area contributed by atoms with Crippen LogP contribution in [0.5, 0.6) is 0 Å². The quantitative estimate of drug-likeness (QED) is 0.269. The third-order valence-electron chi connectivity index (χ3n) is 5.58. The Morgan fingerprint density at radius 3 is 1.70 bits per heavy atom. The topological polar surface area (TPSA) is 3.24 Å². The lowest BCUT2D eigenvalue weighted by Gasteiger charge is -2.22. The van der Waals surface area contributed by atoms with Crippen LogP contribution in [-0.2, 0) is 0 Å². The van der Waals surface area contributed by atoms with Crippen molar-refractivity contribution < 1.29 is 0 Å². The van der Waals surface area contributed by atoms with E-state index in [4.69, 9.17) is 0 Å². The summed E-state index contributed by atoms with van der Waals surface area (Å²) in [6.07, 6.45) is 0. The van der Waals surface area contributed by atoms with Crippen LogP contribution in [0.3, 0.4) is 0 Å². The van der Waals surface area contributed by atoms with Gasteiger partial charge in [0.25, 0.3) is 0 Å². The van der Waals surface area contributed by atoms with Crippen molar-refractivity contribution in [1.82, 2.24) is 0 Å². The number of rotatable bonds is 4. The molecule has 0 amide bonds. The lowest BCUT2D eigenvalue weighted by molar-refractivity contribution is 1.14. The Morgan fingerprint density at radius 2 is 1.10 bits per heavy atom. The molecule has 5 aromatic carbocycles. The molecule has 0 aliphatic heterocycles. The van der Waals surface area contributed by atoms with E-state index in [1.807, 2.05) is 0 Å². The van der Waals surface area contributed by atoms with Crippen LogP contribution in [0.1, 0.15) is 0 Å². The van der Waals surface area contributed by atoms with Gasteiger partial charge in [-0.05, 0) is 58.2 Å². The SMILES string of the molecule is CN(C)c1cccc2cc3cccc(P(c4ccccc4)c4ccccc4)c3cc12. The van der Waals surface area contributed by atoms with Gasteiger partial charge in [0.15, 0.2) is 0 Å². The van der Waals surface area contributed by atoms with Crippen molar-refractivity contribution in [2.45, 2.75) is 0 Å². The van der Waals surface area contributed by atoms with Crippen LogP contribution in [0, 0.1) is 0 Å². The predicted octanol–water partition coefficient (Wildman–Crippen LogP) is 5.82. The summed E-state index contributed by atoms with van der Waals surface area (Å²) in [4.78, 5) is 2.20. The number of fused-ring (bicyclic) bond motifs is 2. The molecule has 0 unspecified atom stereocenters. The van der Waals surface area contributed by atoms with Crippen molar-refractivity contribution in [3.63, 3.8) is 0 Å². The number of hydrogen-bond donors (Lipinski definition) is 0. The van der Waals surface area contributed by atoms with Crippen LogP contribution in [0.4, 0.5) is 5.69 Å². The van der Waals surface area contributed by atoms with E-state index >= 15 is 0 Å². The molecule has 0 aromatic heterocycles. The molecule has 0 heterocycles. The Bertz CT molecular complexity index is 1270. The first-order valence-electron chi connectivity index (χ1n) is 10.3. The van der Waals surface area contributed by atoms with Crippen molar-refractivity contribution in [1.29, 1.82) is 0 Å². The van der Waals surface area contributed by atoms with Gasteiger partial charge in [-0.3, -0.25) is 0 Å². The van der Waals surface area contributed by atoms with Gasteiger partial charge in [-0.25, -0.2) is 0 Å². The summed E-state index contributed by atoms with van der Waals surface area (Å²) in [5, 5.41) is 9.41. The maximum atomic E-state index is 2.40. The van der Waals surface area contributed by atoms with E-state index in [2.05, 4.69) is 128 Å². The Balaban J connectivity index is 1.82. The third kappa shape index (κ3) is 3.36. The monoisotopic (exact) mass is 405 g/mol. The maximum Gasteiger partial charge on any atom is 0.0440 e. The average molecular weight is 405 g/mol. The molecule has 0 atom stereocenters. The first kappa shape index (κ1) is 18.9. The second kappa shape index (κ2) is 7.94. The minimum atomic E-state index is -0.640. The van der Waals surface area contributed by atoms with E-state index in [9.17, 15) is 0 Å². The zero-order valence-electron chi connectivity index (χ0n) is 17.3. The zero-order chi connectivity index (χ0) is 20.5. The van der Waals surface area contributed by atoms with Gasteiger partial charge in [0.2, 0.25) is 0 Å². The fourth-order valence-electron chi connectivity index (χ4n) is 4.19. The fourth-order valence-corrected chi connectivity index (χ4v) is 6.65. The van der Waals surface area contributed by atoms with Crippen LogP contribution >= 0.6 is 7.92 Å². The summed E-state index contributed by atoms with van der Waals surface area (Å²) < 4.78 is 0. The lowest BCUT2D eigenvalue weighted by atomic mass is 10.0. The molecule has 0 aliphatic carbocycles. The van der Waals surface area contributed by atoms with Gasteiger partial charge in [0.05, 0.1) is 0 Å². The predicted molar refractivity (Wildman–Crippen MR) is 134 cm³/mol. The Morgan fingerprint density at radius 1 is 0.533 bits per heavy atom. The van der Waals surface area contributed by atoms with Gasteiger partial charge in [-0.1, -0.05) is 91.0 Å². The molecule has 0 N–H and O–H groups in total. The molecule has 146 valence electrons. The highest BCUT2D eigenvalue weighted by molar-refractivity contribution is 7.80. The summed E-state index contributed by atoms with van der Waals surface area (Å²) in [6, 6.07) is 39.9. The summed E-state index contributed by atoms with van der Waals surface area (Å²) in [7, 11) is 3.59. The normalized spacial score (nSPS) is 11.3. The minimum absolute atomic E-state index is 0.640. The molecule has 0 bridgehead atoms. The maximum absolute atomic E-state index is 2.40. The van der Waals surface area contributed by atoms with Crippen LogP contribution in [0.15, 0.2) is 109 Å². The number of hydrogen-bond acceptors (Lipinski definition) is 1. The smallest absolute Gasteiger partial charge is 0.0440 e. The van der Waals surface area contributed by atoms with Crippen molar-refractivity contribution >= 4 is 51.1 Å². The Kier molecular flexibility index (Phi) is 4.99. The highest BCUT2D eigenvalue weighted by atomic mass is 31.1. The molecule has 30 heavy (non-hydrogen) atoms. The van der Waals surface area contributed by atoms with E-state index in [-0.39, 0.29) is 0 Å². The zero-order valence-corrected chi connectivity index (χ0v) is 18.2. The highest BCUT2D eigenvalue weighted by Crippen LogP contribution is 2.37. The molecule has 0 fully saturated rings. The molecule has 0 radical (unpaired) electrons. The summed E-state index contributed by atoms with van der Waals surface area (Å²) >= 11 is 0. The largest absolute Gasteiger partial charge is 0.377 e. The van der Waals surface area contributed by atoms with Gasteiger partial charge in [0.1, 0.15) is 0 Å². The molecule has 0 spiro atoms. The molecule has 0 saturated carbocycles. The second-order valence-corrected chi connectivity index (χ2v) is 9.94. The lowest BCUT2D eigenvalue weighted by Crippen LogP contribution is -2.21. The Labute approximate surface area is 179 Å². The molecule has 5 rings (SSSR count). The van der Waals surface area contributed by atoms with Gasteiger partial charge in [-0.2, -0.15) is 0 Å². The average Bonchev–Trinajstić information content (AvgIpc) is 2.79. The summed E-state index contributed by atoms with van der Waals surface area (Å²) in [5.74, 6) is 0. The van der Waals surface area contributed by atoms with Crippen molar-refractivity contribution in [2.75, 3.05) is 19.0 Å².